The summed E-state index contributed by atoms with van der Waals surface area (Å²) in [6.07, 6.45) is 2.46. The highest BCUT2D eigenvalue weighted by Crippen LogP contribution is 2.14. The van der Waals surface area contributed by atoms with Gasteiger partial charge in [-0.2, -0.15) is 0 Å². The first-order valence-corrected chi connectivity index (χ1v) is 6.03. The number of hydrogen-bond acceptors (Lipinski definition) is 5. The maximum absolute atomic E-state index is 11.8. The molecule has 1 amide bonds. The van der Waals surface area contributed by atoms with E-state index < -0.39 is 0 Å². The zero-order valence-electron chi connectivity index (χ0n) is 11.5. The normalized spacial score (nSPS) is 10.0. The van der Waals surface area contributed by atoms with Crippen molar-refractivity contribution in [1.82, 2.24) is 14.9 Å². The maximum atomic E-state index is 11.8. The fraction of sp³-hybridized carbons (Fsp3) is 0.583. The van der Waals surface area contributed by atoms with Crippen molar-refractivity contribution in [2.24, 2.45) is 0 Å². The SMILES string of the molecule is CCCN(CC(=O)N(C)C)c1cc(NC)ncn1. The number of carbonyl (C=O) groups excluding carboxylic acids is 1. The van der Waals surface area contributed by atoms with Crippen molar-refractivity contribution in [1.29, 1.82) is 0 Å². The fourth-order valence-corrected chi connectivity index (χ4v) is 1.51. The van der Waals surface area contributed by atoms with Crippen LogP contribution in [-0.2, 0) is 4.79 Å². The van der Waals surface area contributed by atoms with Gasteiger partial charge >= 0.3 is 0 Å². The highest BCUT2D eigenvalue weighted by molar-refractivity contribution is 5.80. The molecule has 0 aromatic carbocycles. The van der Waals surface area contributed by atoms with Crippen molar-refractivity contribution in [2.45, 2.75) is 13.3 Å². The molecular formula is C12H21N5O. The molecule has 18 heavy (non-hydrogen) atoms. The Labute approximate surface area is 108 Å². The maximum Gasteiger partial charge on any atom is 0.241 e. The Kier molecular flexibility index (Phi) is 5.35. The van der Waals surface area contributed by atoms with Crippen LogP contribution in [-0.4, -0.2) is 55.0 Å². The van der Waals surface area contributed by atoms with E-state index in [2.05, 4.69) is 22.2 Å². The standard InChI is InChI=1S/C12H21N5O/c1-5-6-17(8-12(18)16(3)4)11-7-10(13-2)14-9-15-11/h7,9H,5-6,8H2,1-4H3,(H,13,14,15). The fourth-order valence-electron chi connectivity index (χ4n) is 1.51. The Morgan fingerprint density at radius 1 is 1.39 bits per heavy atom. The van der Waals surface area contributed by atoms with Crippen LogP contribution in [0, 0.1) is 0 Å². The van der Waals surface area contributed by atoms with Gasteiger partial charge in [-0.25, -0.2) is 9.97 Å². The van der Waals surface area contributed by atoms with Gasteiger partial charge in [-0.05, 0) is 6.42 Å². The Bertz CT molecular complexity index is 394. The minimum absolute atomic E-state index is 0.0630. The van der Waals surface area contributed by atoms with Crippen molar-refractivity contribution < 1.29 is 4.79 Å². The molecule has 0 aliphatic carbocycles. The molecule has 0 atom stereocenters. The monoisotopic (exact) mass is 251 g/mol. The molecule has 0 saturated carbocycles. The number of aromatic nitrogens is 2. The van der Waals surface area contributed by atoms with Gasteiger partial charge in [0.25, 0.3) is 0 Å². The smallest absolute Gasteiger partial charge is 0.241 e. The number of hydrogen-bond donors (Lipinski definition) is 1. The Balaban J connectivity index is 2.85. The second kappa shape index (κ2) is 6.78. The molecule has 1 heterocycles. The lowest BCUT2D eigenvalue weighted by Gasteiger charge is -2.24. The van der Waals surface area contributed by atoms with Gasteiger partial charge in [0.05, 0.1) is 6.54 Å². The molecule has 6 heteroatoms. The van der Waals surface area contributed by atoms with Crippen molar-refractivity contribution in [3.63, 3.8) is 0 Å². The molecule has 6 nitrogen and oxygen atoms in total. The average Bonchev–Trinajstić information content (AvgIpc) is 2.38. The molecule has 1 aromatic rings. The van der Waals surface area contributed by atoms with E-state index in [1.54, 1.807) is 26.0 Å². The second-order valence-corrected chi connectivity index (χ2v) is 4.22. The molecule has 0 aliphatic heterocycles. The van der Waals surface area contributed by atoms with Crippen LogP contribution in [0.2, 0.25) is 0 Å². The van der Waals surface area contributed by atoms with Crippen LogP contribution in [0.1, 0.15) is 13.3 Å². The second-order valence-electron chi connectivity index (χ2n) is 4.22. The topological polar surface area (TPSA) is 61.4 Å². The van der Waals surface area contributed by atoms with Crippen molar-refractivity contribution in [2.75, 3.05) is 44.4 Å². The first-order chi connectivity index (χ1) is 8.58. The van der Waals surface area contributed by atoms with Crippen molar-refractivity contribution in [3.8, 4) is 0 Å². The van der Waals surface area contributed by atoms with Crippen LogP contribution in [0.15, 0.2) is 12.4 Å². The minimum atomic E-state index is 0.0630. The van der Waals surface area contributed by atoms with E-state index in [4.69, 9.17) is 0 Å². The van der Waals surface area contributed by atoms with Gasteiger partial charge in [0.2, 0.25) is 5.91 Å². The molecule has 0 fully saturated rings. The predicted octanol–water partition coefficient (Wildman–Crippen LogP) is 0.823. The molecule has 0 unspecified atom stereocenters. The van der Waals surface area contributed by atoms with Crippen molar-refractivity contribution in [3.05, 3.63) is 12.4 Å². The quantitative estimate of drug-likeness (QED) is 0.811. The Morgan fingerprint density at radius 2 is 2.11 bits per heavy atom. The van der Waals surface area contributed by atoms with Crippen LogP contribution in [0.4, 0.5) is 11.6 Å². The molecular weight excluding hydrogens is 230 g/mol. The first-order valence-electron chi connectivity index (χ1n) is 6.03. The van der Waals surface area contributed by atoms with E-state index in [1.165, 1.54) is 6.33 Å². The summed E-state index contributed by atoms with van der Waals surface area (Å²) in [6.45, 7) is 3.20. The van der Waals surface area contributed by atoms with E-state index in [1.807, 2.05) is 11.0 Å². The molecule has 0 radical (unpaired) electrons. The third-order valence-corrected chi connectivity index (χ3v) is 2.55. The van der Waals surface area contributed by atoms with Crippen LogP contribution in [0.3, 0.4) is 0 Å². The van der Waals surface area contributed by atoms with E-state index in [9.17, 15) is 4.79 Å². The molecule has 1 rings (SSSR count). The number of nitrogens with one attached hydrogen (secondary N) is 1. The van der Waals surface area contributed by atoms with Gasteiger partial charge in [-0.15, -0.1) is 0 Å². The molecule has 0 saturated heterocycles. The summed E-state index contributed by atoms with van der Waals surface area (Å²) in [4.78, 5) is 23.6. The lowest BCUT2D eigenvalue weighted by molar-refractivity contribution is -0.127. The van der Waals surface area contributed by atoms with Crippen LogP contribution < -0.4 is 10.2 Å². The lowest BCUT2D eigenvalue weighted by Crippen LogP contribution is -2.37. The first kappa shape index (κ1) is 14.2. The number of likely N-dealkylation sites (N-methyl/N-ethyl adjacent to an activating group) is 1. The third-order valence-electron chi connectivity index (χ3n) is 2.55. The van der Waals surface area contributed by atoms with Gasteiger partial charge in [0.15, 0.2) is 0 Å². The highest BCUT2D eigenvalue weighted by Gasteiger charge is 2.13. The van der Waals surface area contributed by atoms with Gasteiger partial charge in [-0.1, -0.05) is 6.92 Å². The Morgan fingerprint density at radius 3 is 2.67 bits per heavy atom. The van der Waals surface area contributed by atoms with Gasteiger partial charge < -0.3 is 15.1 Å². The predicted molar refractivity (Wildman–Crippen MR) is 72.8 cm³/mol. The van der Waals surface area contributed by atoms with Gasteiger partial charge in [0, 0.05) is 33.8 Å². The molecule has 0 bridgehead atoms. The van der Waals surface area contributed by atoms with Crippen LogP contribution in [0.5, 0.6) is 0 Å². The Hall–Kier alpha value is -1.85. The van der Waals surface area contributed by atoms with E-state index >= 15 is 0 Å². The largest absolute Gasteiger partial charge is 0.373 e. The zero-order chi connectivity index (χ0) is 13.5. The average molecular weight is 251 g/mol. The number of rotatable bonds is 6. The van der Waals surface area contributed by atoms with E-state index in [-0.39, 0.29) is 5.91 Å². The minimum Gasteiger partial charge on any atom is -0.373 e. The van der Waals surface area contributed by atoms with Crippen LogP contribution >= 0.6 is 0 Å². The van der Waals surface area contributed by atoms with Crippen molar-refractivity contribution >= 4 is 17.5 Å². The molecule has 0 aliphatic rings. The highest BCUT2D eigenvalue weighted by atomic mass is 16.2. The third kappa shape index (κ3) is 3.87. The van der Waals surface area contributed by atoms with Gasteiger partial charge in [0.1, 0.15) is 18.0 Å². The lowest BCUT2D eigenvalue weighted by atomic mass is 10.3. The van der Waals surface area contributed by atoms with E-state index in [0.29, 0.717) is 6.54 Å². The molecule has 100 valence electrons. The summed E-state index contributed by atoms with van der Waals surface area (Å²) in [6, 6.07) is 1.85. The number of nitrogens with zero attached hydrogens (tertiary/aromatic N) is 4. The molecule has 1 aromatic heterocycles. The summed E-state index contributed by atoms with van der Waals surface area (Å²) in [7, 11) is 5.32. The summed E-state index contributed by atoms with van der Waals surface area (Å²) < 4.78 is 0. The molecule has 0 spiro atoms. The summed E-state index contributed by atoms with van der Waals surface area (Å²) in [5, 5.41) is 2.97. The number of anilines is 2. The summed E-state index contributed by atoms with van der Waals surface area (Å²) >= 11 is 0. The number of carbonyl (C=O) groups is 1. The van der Waals surface area contributed by atoms with Gasteiger partial charge in [-0.3, -0.25) is 4.79 Å². The number of amides is 1. The zero-order valence-corrected chi connectivity index (χ0v) is 11.5. The summed E-state index contributed by atoms with van der Waals surface area (Å²) in [5.41, 5.74) is 0. The van der Waals surface area contributed by atoms with Crippen LogP contribution in [0.25, 0.3) is 0 Å². The summed E-state index contributed by atoms with van der Waals surface area (Å²) in [5.74, 6) is 1.58. The molecule has 1 N–H and O–H groups in total. The van der Waals surface area contributed by atoms with E-state index in [0.717, 1.165) is 24.6 Å².